The molecule has 7 nitrogen and oxygen atoms in total. The minimum Gasteiger partial charge on any atom is -0.396 e. The lowest BCUT2D eigenvalue weighted by Gasteiger charge is -2.34. The van der Waals surface area contributed by atoms with Crippen LogP contribution in [0.2, 0.25) is 0 Å². The fraction of sp³-hybridized carbons (Fsp3) is 0.360. The third-order valence-electron chi connectivity index (χ3n) is 7.14. The molecule has 1 aromatic carbocycles. The molecular formula is C25H18BrF7N6O. The van der Waals surface area contributed by atoms with Crippen LogP contribution < -0.4 is 11.1 Å². The van der Waals surface area contributed by atoms with E-state index in [0.717, 1.165) is 12.1 Å². The number of nitriles is 1. The molecule has 5 rings (SSSR count). The van der Waals surface area contributed by atoms with Crippen LogP contribution in [0.15, 0.2) is 28.7 Å². The average Bonchev–Trinajstić information content (AvgIpc) is 3.23. The van der Waals surface area contributed by atoms with E-state index in [1.165, 1.54) is 6.07 Å². The number of halogens is 8. The fourth-order valence-electron chi connectivity index (χ4n) is 5.37. The molecule has 210 valence electrons. The Labute approximate surface area is 230 Å². The SMILES string of the molecule is N#Cc1nc(C(Cc2cc(F)cc(F)c2)NC(=O)Cn2nc(C(F)(F)F)c3c2C(F)(F)C2CCC32)c(Br)cc1N. The van der Waals surface area contributed by atoms with Gasteiger partial charge in [-0.3, -0.25) is 9.48 Å². The predicted molar refractivity (Wildman–Crippen MR) is 129 cm³/mol. The predicted octanol–water partition coefficient (Wildman–Crippen LogP) is 5.49. The van der Waals surface area contributed by atoms with Gasteiger partial charge in [0.15, 0.2) is 11.4 Å². The van der Waals surface area contributed by atoms with Crippen LogP contribution in [0.25, 0.3) is 0 Å². The van der Waals surface area contributed by atoms with Gasteiger partial charge in [-0.15, -0.1) is 0 Å². The van der Waals surface area contributed by atoms with Crippen LogP contribution >= 0.6 is 15.9 Å². The van der Waals surface area contributed by atoms with Gasteiger partial charge in [-0.25, -0.2) is 13.8 Å². The Morgan fingerprint density at radius 2 is 1.90 bits per heavy atom. The summed E-state index contributed by atoms with van der Waals surface area (Å²) < 4.78 is 99.7. The van der Waals surface area contributed by atoms with Gasteiger partial charge in [0.1, 0.15) is 29.9 Å². The average molecular weight is 631 g/mol. The monoisotopic (exact) mass is 630 g/mol. The highest BCUT2D eigenvalue weighted by atomic mass is 79.9. The highest BCUT2D eigenvalue weighted by molar-refractivity contribution is 9.10. The van der Waals surface area contributed by atoms with Crippen molar-refractivity contribution in [1.29, 1.82) is 5.26 Å². The molecule has 0 radical (unpaired) electrons. The summed E-state index contributed by atoms with van der Waals surface area (Å²) in [5, 5.41) is 15.2. The molecule has 1 fully saturated rings. The Morgan fingerprint density at radius 1 is 1.23 bits per heavy atom. The molecule has 3 atom stereocenters. The van der Waals surface area contributed by atoms with E-state index in [0.29, 0.717) is 10.7 Å². The molecule has 40 heavy (non-hydrogen) atoms. The van der Waals surface area contributed by atoms with E-state index < -0.39 is 71.0 Å². The number of fused-ring (bicyclic) bond motifs is 3. The third-order valence-corrected chi connectivity index (χ3v) is 7.78. The lowest BCUT2D eigenvalue weighted by Crippen LogP contribution is -2.36. The number of nitrogens with zero attached hydrogens (tertiary/aromatic N) is 4. The summed E-state index contributed by atoms with van der Waals surface area (Å²) in [4.78, 5) is 17.2. The Balaban J connectivity index is 1.50. The van der Waals surface area contributed by atoms with Crippen molar-refractivity contribution in [3.63, 3.8) is 0 Å². The molecule has 2 aromatic heterocycles. The number of hydrogen-bond donors (Lipinski definition) is 2. The van der Waals surface area contributed by atoms with Gasteiger partial charge in [0, 0.05) is 22.0 Å². The number of hydrogen-bond acceptors (Lipinski definition) is 5. The van der Waals surface area contributed by atoms with Crippen LogP contribution in [0.5, 0.6) is 0 Å². The minimum absolute atomic E-state index is 0.00817. The van der Waals surface area contributed by atoms with Crippen molar-refractivity contribution < 1.29 is 35.5 Å². The second-order valence-electron chi connectivity index (χ2n) is 9.69. The zero-order valence-corrected chi connectivity index (χ0v) is 21.8. The number of nitrogens with two attached hydrogens (primary N) is 1. The number of rotatable bonds is 6. The Morgan fingerprint density at radius 3 is 2.48 bits per heavy atom. The van der Waals surface area contributed by atoms with Crippen molar-refractivity contribution in [3.8, 4) is 6.07 Å². The summed E-state index contributed by atoms with van der Waals surface area (Å²) in [5.74, 6) is -8.77. The second kappa shape index (κ2) is 9.76. The maximum atomic E-state index is 15.1. The number of pyridine rings is 1. The van der Waals surface area contributed by atoms with Gasteiger partial charge in [-0.05, 0) is 64.9 Å². The molecule has 2 heterocycles. The zero-order valence-electron chi connectivity index (χ0n) is 20.2. The Kier molecular flexibility index (Phi) is 6.80. The summed E-state index contributed by atoms with van der Waals surface area (Å²) in [6.07, 6.45) is -5.10. The van der Waals surface area contributed by atoms with Crippen LogP contribution in [0.3, 0.4) is 0 Å². The standard InChI is InChI=1S/C25H18BrF7N6O/c26-15-7-16(35)18(8-34)37-21(15)17(5-10-3-11(27)6-12(28)4-10)36-19(40)9-39-23-20(22(38-39)25(31,32)33)13-1-2-14(13)24(23,29)30/h3-4,6-7,13-14,17H,1-2,5,9,35H2,(H,36,40). The molecule has 1 saturated carbocycles. The summed E-state index contributed by atoms with van der Waals surface area (Å²) in [6.45, 7) is -1.00. The van der Waals surface area contributed by atoms with Crippen LogP contribution in [0.4, 0.5) is 36.4 Å². The summed E-state index contributed by atoms with van der Waals surface area (Å²) in [7, 11) is 0. The summed E-state index contributed by atoms with van der Waals surface area (Å²) in [6, 6.07) is 4.49. The molecule has 0 saturated heterocycles. The number of anilines is 1. The Hall–Kier alpha value is -3.67. The quantitative estimate of drug-likeness (QED) is 0.350. The number of alkyl halides is 5. The maximum absolute atomic E-state index is 15.1. The first kappa shape index (κ1) is 27.9. The number of aromatic nitrogens is 3. The normalized spacial score (nSPS) is 19.8. The topological polar surface area (TPSA) is 110 Å². The Bertz CT molecular complexity index is 1540. The molecule has 3 unspecified atom stereocenters. The molecule has 2 aliphatic carbocycles. The van der Waals surface area contributed by atoms with E-state index in [-0.39, 0.29) is 46.4 Å². The first-order valence-electron chi connectivity index (χ1n) is 11.9. The first-order valence-corrected chi connectivity index (χ1v) is 12.7. The fourth-order valence-corrected chi connectivity index (χ4v) is 5.98. The van der Waals surface area contributed by atoms with Crippen LogP contribution in [0.1, 0.15) is 58.7 Å². The van der Waals surface area contributed by atoms with Crippen molar-refractivity contribution in [2.24, 2.45) is 5.92 Å². The highest BCUT2D eigenvalue weighted by Crippen LogP contribution is 2.63. The van der Waals surface area contributed by atoms with Gasteiger partial charge in [0.2, 0.25) is 5.91 Å². The van der Waals surface area contributed by atoms with Crippen LogP contribution in [0, 0.1) is 28.9 Å². The largest absolute Gasteiger partial charge is 0.435 e. The van der Waals surface area contributed by atoms with Crippen LogP contribution in [-0.4, -0.2) is 20.7 Å². The molecule has 3 aromatic rings. The molecule has 3 N–H and O–H groups in total. The number of benzene rings is 1. The lowest BCUT2D eigenvalue weighted by molar-refractivity contribution is -0.144. The van der Waals surface area contributed by atoms with Crippen molar-refractivity contribution in [3.05, 3.63) is 74.3 Å². The maximum Gasteiger partial charge on any atom is 0.435 e. The lowest BCUT2D eigenvalue weighted by atomic mass is 9.73. The van der Waals surface area contributed by atoms with E-state index in [9.17, 15) is 32.0 Å². The van der Waals surface area contributed by atoms with Crippen molar-refractivity contribution in [2.75, 3.05) is 5.73 Å². The molecule has 15 heteroatoms. The van der Waals surface area contributed by atoms with E-state index in [4.69, 9.17) is 5.73 Å². The van der Waals surface area contributed by atoms with Crippen molar-refractivity contribution in [2.45, 2.75) is 49.9 Å². The van der Waals surface area contributed by atoms with Gasteiger partial charge >= 0.3 is 6.18 Å². The first-order chi connectivity index (χ1) is 18.7. The molecule has 1 amide bonds. The van der Waals surface area contributed by atoms with Crippen LogP contribution in [-0.2, 0) is 29.9 Å². The van der Waals surface area contributed by atoms with E-state index >= 15 is 8.78 Å². The summed E-state index contributed by atoms with van der Waals surface area (Å²) in [5.41, 5.74) is 2.62. The molecular weight excluding hydrogens is 613 g/mol. The molecule has 0 aliphatic heterocycles. The van der Waals surface area contributed by atoms with Crippen molar-refractivity contribution in [1.82, 2.24) is 20.1 Å². The smallest absolute Gasteiger partial charge is 0.396 e. The number of amides is 1. The molecule has 0 bridgehead atoms. The number of nitrogen functional groups attached to an aromatic ring is 1. The van der Waals surface area contributed by atoms with Crippen molar-refractivity contribution >= 4 is 27.5 Å². The minimum atomic E-state index is -5.01. The van der Waals surface area contributed by atoms with E-state index in [2.05, 4.69) is 31.3 Å². The third kappa shape index (κ3) is 4.78. The molecule has 0 spiro atoms. The number of carbonyl (C=O) groups is 1. The number of nitrogens with one attached hydrogen (secondary N) is 1. The van der Waals surface area contributed by atoms with Gasteiger partial charge in [-0.1, -0.05) is 0 Å². The van der Waals surface area contributed by atoms with E-state index in [1.54, 1.807) is 6.07 Å². The molecule has 2 aliphatic rings. The van der Waals surface area contributed by atoms with Gasteiger partial charge in [0.25, 0.3) is 5.92 Å². The van der Waals surface area contributed by atoms with Gasteiger partial charge in [0.05, 0.1) is 17.4 Å². The zero-order chi connectivity index (χ0) is 29.1. The van der Waals surface area contributed by atoms with Gasteiger partial charge in [-0.2, -0.15) is 32.3 Å². The summed E-state index contributed by atoms with van der Waals surface area (Å²) >= 11 is 3.22. The highest BCUT2D eigenvalue weighted by Gasteiger charge is 2.63. The van der Waals surface area contributed by atoms with Gasteiger partial charge < -0.3 is 11.1 Å². The van der Waals surface area contributed by atoms with E-state index in [1.807, 2.05) is 0 Å². The second-order valence-corrected chi connectivity index (χ2v) is 10.5. The number of carbonyl (C=O) groups excluding carboxylic acids is 1.